The second-order valence-electron chi connectivity index (χ2n) is 7.18. The smallest absolute Gasteiger partial charge is 0.270 e. The molecule has 1 aromatic carbocycles. The number of nitrogens with zero attached hydrogens (tertiary/aromatic N) is 5. The van der Waals surface area contributed by atoms with Crippen molar-refractivity contribution in [2.45, 2.75) is 12.5 Å². The Morgan fingerprint density at radius 1 is 1.17 bits per heavy atom. The summed E-state index contributed by atoms with van der Waals surface area (Å²) in [5, 5.41) is 3.04. The quantitative estimate of drug-likeness (QED) is 0.474. The second kappa shape index (κ2) is 7.43. The number of carbonyl (C=O) groups excluding carboxylic acids is 1. The van der Waals surface area contributed by atoms with Crippen molar-refractivity contribution in [3.8, 4) is 11.5 Å². The molecule has 30 heavy (non-hydrogen) atoms. The van der Waals surface area contributed by atoms with E-state index in [0.29, 0.717) is 35.4 Å². The summed E-state index contributed by atoms with van der Waals surface area (Å²) in [6, 6.07) is 13.1. The Morgan fingerprint density at radius 3 is 2.87 bits per heavy atom. The zero-order chi connectivity index (χ0) is 20.5. The summed E-state index contributed by atoms with van der Waals surface area (Å²) in [7, 11) is 0. The molecule has 0 radical (unpaired) electrons. The highest BCUT2D eigenvalue weighted by Crippen LogP contribution is 2.26. The lowest BCUT2D eigenvalue weighted by Crippen LogP contribution is -2.37. The molecule has 3 aromatic heterocycles. The van der Waals surface area contributed by atoms with E-state index in [1.165, 1.54) is 0 Å². The third-order valence-electron chi connectivity index (χ3n) is 5.15. The summed E-state index contributed by atoms with van der Waals surface area (Å²) in [5.74, 6) is 1.43. The minimum absolute atomic E-state index is 0. The third-order valence-corrected chi connectivity index (χ3v) is 5.15. The van der Waals surface area contributed by atoms with Crippen LogP contribution in [0.15, 0.2) is 54.9 Å². The number of imidazole rings is 1. The highest BCUT2D eigenvalue weighted by atomic mass is 16.1. The van der Waals surface area contributed by atoms with Gasteiger partial charge in [0.2, 0.25) is 0 Å². The zero-order valence-corrected chi connectivity index (χ0v) is 16.1. The highest BCUT2D eigenvalue weighted by molar-refractivity contribution is 5.92. The molecule has 0 aliphatic carbocycles. The predicted molar refractivity (Wildman–Crippen MR) is 122 cm³/mol. The number of aromatic amines is 1. The fourth-order valence-corrected chi connectivity index (χ4v) is 3.62. The Labute approximate surface area is 178 Å². The molecule has 9 nitrogen and oxygen atoms in total. The predicted octanol–water partition coefficient (Wildman–Crippen LogP) is 2.99. The van der Waals surface area contributed by atoms with Gasteiger partial charge in [-0.05, 0) is 30.7 Å². The van der Waals surface area contributed by atoms with Gasteiger partial charge in [0, 0.05) is 31.0 Å². The van der Waals surface area contributed by atoms with Crippen LogP contribution in [0.3, 0.4) is 0 Å². The van der Waals surface area contributed by atoms with Crippen molar-refractivity contribution < 1.29 is 10.5 Å². The van der Waals surface area contributed by atoms with E-state index in [9.17, 15) is 4.79 Å². The van der Waals surface area contributed by atoms with Gasteiger partial charge < -0.3 is 20.9 Å². The number of pyridine rings is 1. The Balaban J connectivity index is 0.00000144. The lowest BCUT2D eigenvalue weighted by molar-refractivity contribution is 0.0935. The average Bonchev–Trinajstić information content (AvgIpc) is 3.41. The number of benzene rings is 1. The van der Waals surface area contributed by atoms with Crippen molar-refractivity contribution in [3.63, 3.8) is 0 Å². The molecule has 0 saturated carbocycles. The Hall–Kier alpha value is -4.01. The fraction of sp³-hybridized carbons (Fsp3) is 0.190. The maximum Gasteiger partial charge on any atom is 0.270 e. The summed E-state index contributed by atoms with van der Waals surface area (Å²) in [5.41, 5.74) is 8.77. The summed E-state index contributed by atoms with van der Waals surface area (Å²) >= 11 is 0. The van der Waals surface area contributed by atoms with Gasteiger partial charge >= 0.3 is 0 Å². The molecule has 1 amide bonds. The molecule has 1 fully saturated rings. The molecule has 0 spiro atoms. The van der Waals surface area contributed by atoms with Crippen LogP contribution in [0, 0.1) is 0 Å². The monoisotopic (exact) mass is 408 g/mol. The zero-order valence-electron chi connectivity index (χ0n) is 16.1. The summed E-state index contributed by atoms with van der Waals surface area (Å²) in [6.45, 7) is 1.39. The van der Waals surface area contributed by atoms with Crippen LogP contribution in [0.5, 0.6) is 0 Å². The molecule has 158 valence electrons. The van der Waals surface area contributed by atoms with Crippen LogP contribution in [0.2, 0.25) is 0 Å². The Kier molecular flexibility index (Phi) is 4.47. The number of nitrogens with two attached hydrogens (primary N) is 1. The molecule has 0 bridgehead atoms. The first kappa shape index (κ1) is 18.0. The molecule has 1 saturated heterocycles. The minimum Gasteiger partial charge on any atom is -0.382 e. The van der Waals surface area contributed by atoms with Gasteiger partial charge in [0.1, 0.15) is 11.5 Å². The number of anilines is 2. The first-order valence-corrected chi connectivity index (χ1v) is 9.72. The lowest BCUT2D eigenvalue weighted by atomic mass is 10.2. The summed E-state index contributed by atoms with van der Waals surface area (Å²) in [6.07, 6.45) is 4.08. The normalized spacial score (nSPS) is 16.1. The Morgan fingerprint density at radius 2 is 2.03 bits per heavy atom. The van der Waals surface area contributed by atoms with Crippen molar-refractivity contribution >= 4 is 28.6 Å². The van der Waals surface area contributed by atoms with E-state index in [0.717, 1.165) is 24.0 Å². The minimum atomic E-state index is -0.172. The molecule has 1 aliphatic rings. The van der Waals surface area contributed by atoms with E-state index >= 15 is 0 Å². The van der Waals surface area contributed by atoms with E-state index in [1.54, 1.807) is 30.6 Å². The van der Waals surface area contributed by atoms with E-state index in [1.807, 2.05) is 24.3 Å². The molecule has 4 N–H and O–H groups in total. The molecule has 4 aromatic rings. The topological polar surface area (TPSA) is 126 Å². The van der Waals surface area contributed by atoms with Crippen molar-refractivity contribution in [1.82, 2.24) is 30.2 Å². The van der Waals surface area contributed by atoms with Gasteiger partial charge in [-0.25, -0.2) is 15.0 Å². The van der Waals surface area contributed by atoms with Crippen LogP contribution >= 0.6 is 0 Å². The number of fused-ring (bicyclic) bond motifs is 1. The number of H-pyrrole nitrogens is 1. The molecule has 9 heteroatoms. The van der Waals surface area contributed by atoms with Crippen LogP contribution in [0.4, 0.5) is 11.6 Å². The number of aromatic nitrogens is 5. The van der Waals surface area contributed by atoms with Crippen molar-refractivity contribution in [2.24, 2.45) is 0 Å². The van der Waals surface area contributed by atoms with Gasteiger partial charge in [-0.15, -0.1) is 0 Å². The van der Waals surface area contributed by atoms with Gasteiger partial charge in [-0.1, -0.05) is 18.2 Å². The van der Waals surface area contributed by atoms with E-state index in [-0.39, 0.29) is 17.7 Å². The fourth-order valence-electron chi connectivity index (χ4n) is 3.62. The van der Waals surface area contributed by atoms with Crippen molar-refractivity contribution in [2.75, 3.05) is 23.7 Å². The number of amides is 1. The summed E-state index contributed by atoms with van der Waals surface area (Å²) < 4.78 is 0. The first-order valence-electron chi connectivity index (χ1n) is 9.72. The van der Waals surface area contributed by atoms with Crippen LogP contribution in [0.25, 0.3) is 22.6 Å². The van der Waals surface area contributed by atoms with Gasteiger partial charge in [-0.2, -0.15) is 0 Å². The number of hydrogen-bond donors (Lipinski definition) is 3. The number of para-hydroxylation sites is 2. The third kappa shape index (κ3) is 3.41. The van der Waals surface area contributed by atoms with E-state index in [4.69, 9.17) is 10.7 Å². The Bertz CT molecular complexity index is 1190. The number of rotatable bonds is 4. The van der Waals surface area contributed by atoms with Gasteiger partial charge in [-0.3, -0.25) is 9.78 Å². The molecular formula is C21H28N8O. The molecular weight excluding hydrogens is 380 g/mol. The lowest BCUT2D eigenvalue weighted by Gasteiger charge is -2.18. The van der Waals surface area contributed by atoms with Gasteiger partial charge in [0.25, 0.3) is 5.91 Å². The maximum atomic E-state index is 12.4. The second-order valence-corrected chi connectivity index (χ2v) is 7.18. The van der Waals surface area contributed by atoms with Crippen molar-refractivity contribution in [1.29, 1.82) is 0 Å². The molecule has 5 rings (SSSR count). The number of nitrogen functional groups attached to an aromatic ring is 1. The van der Waals surface area contributed by atoms with Crippen LogP contribution in [0.1, 0.15) is 22.6 Å². The molecule has 4 heterocycles. The van der Waals surface area contributed by atoms with E-state index < -0.39 is 0 Å². The molecule has 1 atom stereocenters. The van der Waals surface area contributed by atoms with Crippen LogP contribution in [-0.2, 0) is 0 Å². The summed E-state index contributed by atoms with van der Waals surface area (Å²) in [4.78, 5) is 35.4. The SMILES string of the molecule is Nc1ncc(N2CC[C@H](NC(=O)c3ccccn3)C2)nc1-c1nc2ccccc2[nH]1.[HH].[HH].[HH].[HH]. The molecule has 1 aliphatic heterocycles. The van der Waals surface area contributed by atoms with Crippen LogP contribution in [-0.4, -0.2) is 50.0 Å². The first-order chi connectivity index (χ1) is 14.7. The highest BCUT2D eigenvalue weighted by Gasteiger charge is 2.26. The van der Waals surface area contributed by atoms with Crippen LogP contribution < -0.4 is 16.0 Å². The van der Waals surface area contributed by atoms with E-state index in [2.05, 4.69) is 30.2 Å². The van der Waals surface area contributed by atoms with Crippen molar-refractivity contribution in [3.05, 3.63) is 60.6 Å². The number of hydrogen-bond acceptors (Lipinski definition) is 7. The molecule has 0 unspecified atom stereocenters. The standard InChI is InChI=1S/C21H20N8O.4H2/c22-19-18(20-26-14-5-1-2-6-15(14)27-20)28-17(11-24-19)29-10-8-13(12-29)25-21(30)16-7-3-4-9-23-16;;;;/h1-7,9,11,13H,8,10,12H2,(H2,22,24)(H,25,30)(H,26,27);4*1H/t13-;;;;/m0..../s1. The van der Waals surface area contributed by atoms with Gasteiger partial charge in [0.15, 0.2) is 17.3 Å². The largest absolute Gasteiger partial charge is 0.382 e. The maximum absolute atomic E-state index is 12.4. The number of carbonyl (C=O) groups is 1. The average molecular weight is 409 g/mol. The van der Waals surface area contributed by atoms with Gasteiger partial charge in [0.05, 0.1) is 17.2 Å². The number of nitrogens with one attached hydrogen (secondary N) is 2.